The lowest BCUT2D eigenvalue weighted by atomic mass is 10.1. The van der Waals surface area contributed by atoms with E-state index < -0.39 is 37.1 Å². The van der Waals surface area contributed by atoms with Gasteiger partial charge in [0.25, 0.3) is 5.91 Å². The number of amides is 2. The maximum atomic E-state index is 11.2. The molecule has 1 saturated heterocycles. The summed E-state index contributed by atoms with van der Waals surface area (Å²) in [6, 6.07) is 0. The van der Waals surface area contributed by atoms with E-state index in [0.29, 0.717) is 6.41 Å². The number of nitrogens with one attached hydrogen (secondary N) is 1. The van der Waals surface area contributed by atoms with Crippen LogP contribution in [-0.2, 0) is 9.53 Å². The molecule has 1 aromatic heterocycles. The van der Waals surface area contributed by atoms with Gasteiger partial charge in [0.15, 0.2) is 11.9 Å². The maximum absolute atomic E-state index is 11.2. The van der Waals surface area contributed by atoms with Crippen LogP contribution < -0.4 is 11.1 Å². The highest BCUT2D eigenvalue weighted by molar-refractivity contribution is 5.97. The molecule has 10 heteroatoms. The van der Waals surface area contributed by atoms with E-state index in [-0.39, 0.29) is 11.5 Å². The van der Waals surface area contributed by atoms with Crippen LogP contribution >= 0.6 is 0 Å². The van der Waals surface area contributed by atoms with E-state index in [9.17, 15) is 19.8 Å². The fraction of sp³-hybridized carbons (Fsp3) is 0.500. The smallest absolute Gasteiger partial charge is 0.271 e. The van der Waals surface area contributed by atoms with Crippen LogP contribution in [0.25, 0.3) is 0 Å². The van der Waals surface area contributed by atoms with Crippen LogP contribution in [0.2, 0.25) is 0 Å². The summed E-state index contributed by atoms with van der Waals surface area (Å²) in [6.45, 7) is -0.497. The number of hydrogen-bond donors (Lipinski definition) is 5. The number of nitrogens with two attached hydrogens (primary N) is 1. The number of carbonyl (C=O) groups excluding carboxylic acids is 2. The van der Waals surface area contributed by atoms with Crippen LogP contribution in [0.15, 0.2) is 6.33 Å². The number of aromatic nitrogens is 2. The van der Waals surface area contributed by atoms with Gasteiger partial charge in [-0.1, -0.05) is 0 Å². The summed E-state index contributed by atoms with van der Waals surface area (Å²) < 4.78 is 6.42. The second kappa shape index (κ2) is 5.54. The fourth-order valence-corrected chi connectivity index (χ4v) is 2.04. The molecule has 2 rings (SSSR count). The molecule has 10 nitrogen and oxygen atoms in total. The molecule has 0 aliphatic carbocycles. The Morgan fingerprint density at radius 3 is 2.75 bits per heavy atom. The number of nitrogens with zero attached hydrogens (tertiary/aromatic N) is 2. The summed E-state index contributed by atoms with van der Waals surface area (Å²) in [5, 5.41) is 30.8. The van der Waals surface area contributed by atoms with E-state index in [1.54, 1.807) is 0 Å². The van der Waals surface area contributed by atoms with E-state index in [1.807, 2.05) is 0 Å². The first-order valence-corrected chi connectivity index (χ1v) is 5.70. The third-order valence-corrected chi connectivity index (χ3v) is 3.01. The first-order valence-electron chi connectivity index (χ1n) is 5.70. The van der Waals surface area contributed by atoms with Crippen molar-refractivity contribution in [2.24, 2.45) is 5.73 Å². The molecule has 1 fully saturated rings. The Labute approximate surface area is 112 Å². The zero-order valence-electron chi connectivity index (χ0n) is 10.2. The quantitative estimate of drug-likeness (QED) is 0.364. The molecule has 4 atom stereocenters. The Balaban J connectivity index is 2.38. The Morgan fingerprint density at radius 2 is 2.25 bits per heavy atom. The minimum Gasteiger partial charge on any atom is -0.394 e. The Kier molecular flexibility index (Phi) is 3.99. The van der Waals surface area contributed by atoms with Crippen molar-refractivity contribution in [3.63, 3.8) is 0 Å². The number of rotatable bonds is 5. The summed E-state index contributed by atoms with van der Waals surface area (Å²) >= 11 is 0. The lowest BCUT2D eigenvalue weighted by Gasteiger charge is -2.18. The van der Waals surface area contributed by atoms with Crippen LogP contribution in [0.1, 0.15) is 16.7 Å². The monoisotopic (exact) mass is 286 g/mol. The average molecular weight is 286 g/mol. The molecular formula is C10H14N4O6. The van der Waals surface area contributed by atoms with Crippen molar-refractivity contribution in [2.45, 2.75) is 24.5 Å². The number of aliphatic hydroxyl groups is 3. The number of carbonyl (C=O) groups is 2. The summed E-state index contributed by atoms with van der Waals surface area (Å²) in [5.74, 6) is -0.942. The molecule has 110 valence electrons. The van der Waals surface area contributed by atoms with Crippen molar-refractivity contribution in [3.05, 3.63) is 12.0 Å². The molecule has 0 bridgehead atoms. The topological polar surface area (TPSA) is 160 Å². The minimum absolute atomic E-state index is 0.0673. The van der Waals surface area contributed by atoms with Gasteiger partial charge in [0, 0.05) is 0 Å². The number of ether oxygens (including phenoxy) is 1. The molecule has 6 N–H and O–H groups in total. The van der Waals surface area contributed by atoms with Crippen molar-refractivity contribution in [1.82, 2.24) is 9.55 Å². The molecule has 1 aromatic rings. The van der Waals surface area contributed by atoms with Gasteiger partial charge in [-0.3, -0.25) is 14.2 Å². The van der Waals surface area contributed by atoms with Gasteiger partial charge in [-0.05, 0) is 0 Å². The SMILES string of the molecule is NC(=O)c1ncn([C@@H]2O[C@@H](CO)[C@@H](O)[C@@H]2O)c1NC=O. The van der Waals surface area contributed by atoms with Gasteiger partial charge in [0.05, 0.1) is 12.9 Å². The highest BCUT2D eigenvalue weighted by Gasteiger charge is 2.44. The largest absolute Gasteiger partial charge is 0.394 e. The summed E-state index contributed by atoms with van der Waals surface area (Å²) in [7, 11) is 0. The third kappa shape index (κ3) is 2.25. The molecule has 1 aliphatic rings. The first kappa shape index (κ1) is 14.4. The van der Waals surface area contributed by atoms with E-state index in [1.165, 1.54) is 0 Å². The molecule has 0 saturated carbocycles. The molecule has 0 unspecified atom stereocenters. The number of imidazole rings is 1. The Morgan fingerprint density at radius 1 is 1.55 bits per heavy atom. The van der Waals surface area contributed by atoms with Gasteiger partial charge >= 0.3 is 0 Å². The highest BCUT2D eigenvalue weighted by atomic mass is 16.6. The van der Waals surface area contributed by atoms with Gasteiger partial charge in [-0.2, -0.15) is 0 Å². The zero-order chi connectivity index (χ0) is 14.9. The number of anilines is 1. The van der Waals surface area contributed by atoms with E-state index in [0.717, 1.165) is 10.9 Å². The lowest BCUT2D eigenvalue weighted by Crippen LogP contribution is -2.33. The van der Waals surface area contributed by atoms with Crippen LogP contribution in [0.4, 0.5) is 5.82 Å². The van der Waals surface area contributed by atoms with Crippen LogP contribution in [0.3, 0.4) is 0 Å². The predicted octanol–water partition coefficient (Wildman–Crippen LogP) is -2.84. The van der Waals surface area contributed by atoms with Gasteiger partial charge in [-0.25, -0.2) is 4.98 Å². The second-order valence-electron chi connectivity index (χ2n) is 4.20. The van der Waals surface area contributed by atoms with Gasteiger partial charge < -0.3 is 31.1 Å². The Bertz CT molecular complexity index is 518. The van der Waals surface area contributed by atoms with E-state index in [4.69, 9.17) is 15.6 Å². The van der Waals surface area contributed by atoms with Crippen molar-refractivity contribution >= 4 is 18.1 Å². The molecule has 2 amide bonds. The molecule has 0 aromatic carbocycles. The predicted molar refractivity (Wildman–Crippen MR) is 63.4 cm³/mol. The summed E-state index contributed by atoms with van der Waals surface area (Å²) in [4.78, 5) is 25.5. The summed E-state index contributed by atoms with van der Waals surface area (Å²) in [5.41, 5.74) is 4.90. The van der Waals surface area contributed by atoms with Gasteiger partial charge in [0.1, 0.15) is 24.1 Å². The highest BCUT2D eigenvalue weighted by Crippen LogP contribution is 2.32. The van der Waals surface area contributed by atoms with Crippen molar-refractivity contribution in [2.75, 3.05) is 11.9 Å². The molecule has 20 heavy (non-hydrogen) atoms. The van der Waals surface area contributed by atoms with Crippen molar-refractivity contribution in [3.8, 4) is 0 Å². The number of primary amides is 1. The number of aliphatic hydroxyl groups excluding tert-OH is 3. The van der Waals surface area contributed by atoms with Crippen molar-refractivity contribution < 1.29 is 29.6 Å². The standard InChI is InChI=1S/C10H14N4O6/c11-8(19)5-9(13-3-16)14(2-12-5)10-7(18)6(17)4(1-15)20-10/h2-4,6-7,10,15,17-18H,1H2,(H2,11,19)(H,13,16)/t4-,6+,7-,10+/m0/s1. The molecule has 0 spiro atoms. The minimum atomic E-state index is -1.37. The second-order valence-corrected chi connectivity index (χ2v) is 4.20. The van der Waals surface area contributed by atoms with Gasteiger partial charge in [0.2, 0.25) is 6.41 Å². The summed E-state index contributed by atoms with van der Waals surface area (Å²) in [6.07, 6.45) is -3.35. The zero-order valence-corrected chi connectivity index (χ0v) is 10.2. The molecule has 0 radical (unpaired) electrons. The van der Waals surface area contributed by atoms with E-state index >= 15 is 0 Å². The van der Waals surface area contributed by atoms with E-state index in [2.05, 4.69) is 10.3 Å². The van der Waals surface area contributed by atoms with Crippen LogP contribution in [0.5, 0.6) is 0 Å². The number of hydrogen-bond acceptors (Lipinski definition) is 7. The lowest BCUT2D eigenvalue weighted by molar-refractivity contribution is -0.105. The third-order valence-electron chi connectivity index (χ3n) is 3.01. The van der Waals surface area contributed by atoms with Crippen LogP contribution in [0, 0.1) is 0 Å². The molecular weight excluding hydrogens is 272 g/mol. The van der Waals surface area contributed by atoms with Crippen molar-refractivity contribution in [1.29, 1.82) is 0 Å². The van der Waals surface area contributed by atoms with Gasteiger partial charge in [-0.15, -0.1) is 0 Å². The molecule has 1 aliphatic heterocycles. The maximum Gasteiger partial charge on any atom is 0.271 e. The average Bonchev–Trinajstić information content (AvgIpc) is 2.94. The normalized spacial score (nSPS) is 29.4. The fourth-order valence-electron chi connectivity index (χ4n) is 2.04. The van der Waals surface area contributed by atoms with Crippen LogP contribution in [-0.4, -0.2) is 62.1 Å². The molecule has 2 heterocycles. The Hall–Kier alpha value is -2.01. The first-order chi connectivity index (χ1) is 9.51.